The second-order valence-corrected chi connectivity index (χ2v) is 6.90. The minimum absolute atomic E-state index is 0.0126. The van der Waals surface area contributed by atoms with Crippen molar-refractivity contribution in [1.29, 1.82) is 0 Å². The maximum Gasteiger partial charge on any atom is 0.339 e. The lowest BCUT2D eigenvalue weighted by Crippen LogP contribution is -2.33. The highest BCUT2D eigenvalue weighted by Gasteiger charge is 2.30. The van der Waals surface area contributed by atoms with E-state index in [9.17, 15) is 19.1 Å². The van der Waals surface area contributed by atoms with Gasteiger partial charge in [-0.2, -0.15) is 5.10 Å². The van der Waals surface area contributed by atoms with Crippen LogP contribution in [0.25, 0.3) is 16.5 Å². The molecule has 0 aliphatic carbocycles. The zero-order valence-corrected chi connectivity index (χ0v) is 14.9. The minimum Gasteiger partial charge on any atom is -0.478 e. The number of carboxylic acids is 1. The van der Waals surface area contributed by atoms with Gasteiger partial charge in [0.15, 0.2) is 5.58 Å². The van der Waals surface area contributed by atoms with Crippen molar-refractivity contribution in [3.8, 4) is 0 Å². The van der Waals surface area contributed by atoms with Crippen molar-refractivity contribution in [3.05, 3.63) is 69.9 Å². The Balaban J connectivity index is 1.58. The zero-order valence-electron chi connectivity index (χ0n) is 14.1. The van der Waals surface area contributed by atoms with Crippen LogP contribution in [0.2, 0.25) is 5.02 Å². The van der Waals surface area contributed by atoms with Gasteiger partial charge in [0.2, 0.25) is 0 Å². The lowest BCUT2D eigenvalue weighted by atomic mass is 10.1. The van der Waals surface area contributed by atoms with E-state index >= 15 is 0 Å². The molecule has 0 spiro atoms. The largest absolute Gasteiger partial charge is 0.478 e. The van der Waals surface area contributed by atoms with Gasteiger partial charge in [-0.25, -0.2) is 13.7 Å². The highest BCUT2D eigenvalue weighted by molar-refractivity contribution is 6.36. The molecule has 9 heteroatoms. The van der Waals surface area contributed by atoms with Gasteiger partial charge < -0.3 is 14.4 Å². The number of carbonyl (C=O) groups is 2. The molecule has 4 aromatic rings. The standard InChI is InChI=1S/C19H11ClFN3O4/c20-15-11-4-10(21)5-12(19(26)27)17(11)28-14(15)8-23-7-9-2-1-3-24-16(9)13(6-22-24)18(23)25/h1-6H,7-8H2,(H,26,27). The van der Waals surface area contributed by atoms with E-state index in [1.165, 1.54) is 11.1 Å². The molecule has 1 aromatic carbocycles. The summed E-state index contributed by atoms with van der Waals surface area (Å²) in [5.41, 5.74) is 1.80. The normalized spacial score (nSPS) is 13.6. The van der Waals surface area contributed by atoms with Crippen LogP contribution in [-0.2, 0) is 13.1 Å². The summed E-state index contributed by atoms with van der Waals surface area (Å²) in [5.74, 6) is -2.10. The maximum atomic E-state index is 13.8. The fourth-order valence-corrected chi connectivity index (χ4v) is 3.83. The average Bonchev–Trinajstić information content (AvgIpc) is 3.22. The Morgan fingerprint density at radius 3 is 3.00 bits per heavy atom. The Bertz CT molecular complexity index is 1310. The minimum atomic E-state index is -1.33. The summed E-state index contributed by atoms with van der Waals surface area (Å²) in [6, 6.07) is 5.73. The molecule has 1 aliphatic heterocycles. The number of furan rings is 1. The molecule has 0 bridgehead atoms. The van der Waals surface area contributed by atoms with E-state index < -0.39 is 11.8 Å². The molecule has 1 amide bonds. The number of carbonyl (C=O) groups excluding carboxylic acids is 1. The van der Waals surface area contributed by atoms with Gasteiger partial charge in [0.25, 0.3) is 5.91 Å². The number of carboxylic acid groups (broad SMARTS) is 1. The van der Waals surface area contributed by atoms with Gasteiger partial charge in [0, 0.05) is 18.1 Å². The molecule has 0 atom stereocenters. The van der Waals surface area contributed by atoms with Gasteiger partial charge in [-0.1, -0.05) is 17.7 Å². The van der Waals surface area contributed by atoms with Gasteiger partial charge in [0.05, 0.1) is 28.8 Å². The fourth-order valence-electron chi connectivity index (χ4n) is 3.59. The zero-order chi connectivity index (χ0) is 19.6. The molecule has 0 saturated heterocycles. The summed E-state index contributed by atoms with van der Waals surface area (Å²) in [4.78, 5) is 25.8. The summed E-state index contributed by atoms with van der Waals surface area (Å²) in [5, 5.41) is 13.7. The number of benzene rings is 1. The molecule has 140 valence electrons. The molecule has 3 aromatic heterocycles. The second-order valence-electron chi connectivity index (χ2n) is 6.52. The number of fused-ring (bicyclic) bond motifs is 1. The van der Waals surface area contributed by atoms with Crippen molar-refractivity contribution in [1.82, 2.24) is 14.5 Å². The van der Waals surface area contributed by atoms with Crippen LogP contribution >= 0.6 is 11.6 Å². The lowest BCUT2D eigenvalue weighted by molar-refractivity contribution is 0.0689. The molecule has 5 rings (SSSR count). The summed E-state index contributed by atoms with van der Waals surface area (Å²) in [6.45, 7) is 0.327. The van der Waals surface area contributed by atoms with Crippen molar-refractivity contribution in [2.75, 3.05) is 0 Å². The third kappa shape index (κ3) is 2.31. The molecule has 7 nitrogen and oxygen atoms in total. The number of nitrogens with zero attached hydrogens (tertiary/aromatic N) is 3. The Hall–Kier alpha value is -3.39. The molecule has 0 fully saturated rings. The molecule has 0 unspecified atom stereocenters. The molecule has 0 saturated carbocycles. The Labute approximate surface area is 161 Å². The van der Waals surface area contributed by atoms with Crippen LogP contribution in [0.5, 0.6) is 0 Å². The van der Waals surface area contributed by atoms with Gasteiger partial charge >= 0.3 is 5.97 Å². The van der Waals surface area contributed by atoms with E-state index in [1.807, 2.05) is 12.1 Å². The van der Waals surface area contributed by atoms with Crippen LogP contribution in [0.4, 0.5) is 4.39 Å². The number of halogens is 2. The van der Waals surface area contributed by atoms with E-state index in [4.69, 9.17) is 16.0 Å². The van der Waals surface area contributed by atoms with Gasteiger partial charge in [0.1, 0.15) is 17.1 Å². The first kappa shape index (κ1) is 16.8. The Morgan fingerprint density at radius 1 is 1.39 bits per heavy atom. The van der Waals surface area contributed by atoms with Crippen LogP contribution < -0.4 is 0 Å². The van der Waals surface area contributed by atoms with Crippen molar-refractivity contribution in [3.63, 3.8) is 0 Å². The topological polar surface area (TPSA) is 88.0 Å². The van der Waals surface area contributed by atoms with E-state index in [1.54, 1.807) is 10.7 Å². The van der Waals surface area contributed by atoms with Gasteiger partial charge in [-0.3, -0.25) is 4.79 Å². The highest BCUT2D eigenvalue weighted by Crippen LogP contribution is 2.35. The Morgan fingerprint density at radius 2 is 2.21 bits per heavy atom. The smallest absolute Gasteiger partial charge is 0.339 e. The number of rotatable bonds is 3. The van der Waals surface area contributed by atoms with E-state index in [2.05, 4.69) is 5.10 Å². The molecular weight excluding hydrogens is 389 g/mol. The molecular formula is C19H11ClFN3O4. The maximum absolute atomic E-state index is 13.8. The third-order valence-electron chi connectivity index (χ3n) is 4.83. The quantitative estimate of drug-likeness (QED) is 0.567. The molecule has 1 N–H and O–H groups in total. The first-order chi connectivity index (χ1) is 13.4. The van der Waals surface area contributed by atoms with Crippen LogP contribution in [0.3, 0.4) is 0 Å². The monoisotopic (exact) mass is 399 g/mol. The lowest BCUT2D eigenvalue weighted by Gasteiger charge is -2.26. The third-order valence-corrected chi connectivity index (χ3v) is 5.24. The predicted octanol–water partition coefficient (Wildman–Crippen LogP) is 3.73. The summed E-state index contributed by atoms with van der Waals surface area (Å²) in [7, 11) is 0. The van der Waals surface area contributed by atoms with Crippen LogP contribution in [-0.4, -0.2) is 31.5 Å². The van der Waals surface area contributed by atoms with Gasteiger partial charge in [-0.05, 0) is 23.8 Å². The first-order valence-electron chi connectivity index (χ1n) is 8.32. The van der Waals surface area contributed by atoms with Gasteiger partial charge in [-0.15, -0.1) is 0 Å². The van der Waals surface area contributed by atoms with Crippen LogP contribution in [0.1, 0.15) is 32.0 Å². The van der Waals surface area contributed by atoms with Crippen molar-refractivity contribution >= 4 is 40.0 Å². The number of hydrogen-bond acceptors (Lipinski definition) is 4. The van der Waals surface area contributed by atoms with E-state index in [-0.39, 0.29) is 39.8 Å². The molecule has 1 aliphatic rings. The van der Waals surface area contributed by atoms with E-state index in [0.717, 1.165) is 23.2 Å². The Kier molecular flexibility index (Phi) is 3.47. The highest BCUT2D eigenvalue weighted by atomic mass is 35.5. The first-order valence-corrected chi connectivity index (χ1v) is 8.70. The number of hydrogen-bond donors (Lipinski definition) is 1. The van der Waals surface area contributed by atoms with Crippen LogP contribution in [0.15, 0.2) is 41.1 Å². The van der Waals surface area contributed by atoms with Crippen LogP contribution in [0, 0.1) is 5.82 Å². The second kappa shape index (κ2) is 5.80. The molecule has 28 heavy (non-hydrogen) atoms. The van der Waals surface area contributed by atoms with Crippen molar-refractivity contribution in [2.45, 2.75) is 13.1 Å². The van der Waals surface area contributed by atoms with Crippen molar-refractivity contribution in [2.24, 2.45) is 0 Å². The van der Waals surface area contributed by atoms with E-state index in [0.29, 0.717) is 12.1 Å². The predicted molar refractivity (Wildman–Crippen MR) is 96.9 cm³/mol. The molecule has 4 heterocycles. The number of aromatic carboxylic acids is 1. The number of aromatic nitrogens is 2. The fraction of sp³-hybridized carbons (Fsp3) is 0.105. The SMILES string of the molecule is O=C(O)c1cc(F)cc2c(Cl)c(CN3Cc4cccn5ncc(c45)C3=O)oc12. The number of amides is 1. The summed E-state index contributed by atoms with van der Waals surface area (Å²) >= 11 is 6.32. The summed E-state index contributed by atoms with van der Waals surface area (Å²) in [6.07, 6.45) is 3.27. The number of pyridine rings is 1. The van der Waals surface area contributed by atoms with Crippen molar-refractivity contribution < 1.29 is 23.5 Å². The summed E-state index contributed by atoms with van der Waals surface area (Å²) < 4.78 is 21.1. The molecule has 0 radical (unpaired) electrons. The average molecular weight is 400 g/mol.